The summed E-state index contributed by atoms with van der Waals surface area (Å²) in [6.07, 6.45) is 5.98. The van der Waals surface area contributed by atoms with E-state index in [4.69, 9.17) is 5.73 Å². The fourth-order valence-corrected chi connectivity index (χ4v) is 3.90. The first-order valence-corrected chi connectivity index (χ1v) is 8.22. The molecule has 106 valence electrons. The van der Waals surface area contributed by atoms with E-state index >= 15 is 0 Å². The second-order valence-electron chi connectivity index (χ2n) is 5.48. The molecule has 1 aliphatic heterocycles. The van der Waals surface area contributed by atoms with Crippen molar-refractivity contribution in [3.63, 3.8) is 0 Å². The fourth-order valence-electron chi connectivity index (χ4n) is 2.66. The molecule has 0 aliphatic carbocycles. The number of imidazole rings is 1. The lowest BCUT2D eigenvalue weighted by molar-refractivity contribution is 0.602. The molecule has 4 heteroatoms. The van der Waals surface area contributed by atoms with Crippen molar-refractivity contribution in [2.75, 3.05) is 5.75 Å². The van der Waals surface area contributed by atoms with Crippen LogP contribution in [0.3, 0.4) is 0 Å². The standard InChI is InChI=1S/C16H21N3S/c1-2-13(17)7-14-9-19(11-18-14)8-12-10-20-16-6-4-3-5-15(12)16/h3-6,9,11-13H,2,7-8,10,17H2,1H3. The molecule has 2 N–H and O–H groups in total. The van der Waals surface area contributed by atoms with Gasteiger partial charge in [0.15, 0.2) is 0 Å². The van der Waals surface area contributed by atoms with Crippen molar-refractivity contribution >= 4 is 11.8 Å². The monoisotopic (exact) mass is 287 g/mol. The van der Waals surface area contributed by atoms with Crippen molar-refractivity contribution in [2.45, 2.75) is 43.2 Å². The number of hydrogen-bond acceptors (Lipinski definition) is 3. The molecule has 0 spiro atoms. The lowest BCUT2D eigenvalue weighted by Gasteiger charge is -2.11. The minimum Gasteiger partial charge on any atom is -0.337 e. The summed E-state index contributed by atoms with van der Waals surface area (Å²) in [5.41, 5.74) is 8.58. The third kappa shape index (κ3) is 2.91. The smallest absolute Gasteiger partial charge is 0.0949 e. The first kappa shape index (κ1) is 13.7. The molecule has 1 aliphatic rings. The van der Waals surface area contributed by atoms with Gasteiger partial charge >= 0.3 is 0 Å². The summed E-state index contributed by atoms with van der Waals surface area (Å²) in [5.74, 6) is 1.76. The first-order chi connectivity index (χ1) is 9.76. The Bertz CT molecular complexity index is 579. The second kappa shape index (κ2) is 6.02. The number of benzene rings is 1. The maximum atomic E-state index is 5.99. The number of thioether (sulfide) groups is 1. The molecule has 0 bridgehead atoms. The molecule has 0 amide bonds. The lowest BCUT2D eigenvalue weighted by Crippen LogP contribution is -2.21. The number of nitrogens with two attached hydrogens (primary N) is 1. The highest BCUT2D eigenvalue weighted by atomic mass is 32.2. The summed E-state index contributed by atoms with van der Waals surface area (Å²) in [6, 6.07) is 8.96. The molecular weight excluding hydrogens is 266 g/mol. The first-order valence-electron chi connectivity index (χ1n) is 7.24. The average Bonchev–Trinajstić information content (AvgIpc) is 3.07. The van der Waals surface area contributed by atoms with Crippen molar-refractivity contribution in [3.8, 4) is 0 Å². The van der Waals surface area contributed by atoms with Crippen LogP contribution in [0.1, 0.15) is 30.5 Å². The van der Waals surface area contributed by atoms with Gasteiger partial charge in [-0.2, -0.15) is 0 Å². The highest BCUT2D eigenvalue weighted by molar-refractivity contribution is 7.99. The molecule has 0 radical (unpaired) electrons. The molecule has 2 unspecified atom stereocenters. The SMILES string of the molecule is CCC(N)Cc1cn(CC2CSc3ccccc32)cn1. The Hall–Kier alpha value is -1.26. The van der Waals surface area contributed by atoms with Crippen LogP contribution in [-0.2, 0) is 13.0 Å². The van der Waals surface area contributed by atoms with E-state index in [1.165, 1.54) is 16.2 Å². The number of nitrogens with zero attached hydrogens (tertiary/aromatic N) is 2. The second-order valence-corrected chi connectivity index (χ2v) is 6.54. The van der Waals surface area contributed by atoms with Gasteiger partial charge in [0.2, 0.25) is 0 Å². The Morgan fingerprint density at radius 3 is 3.15 bits per heavy atom. The molecule has 0 fully saturated rings. The molecule has 0 saturated carbocycles. The zero-order valence-electron chi connectivity index (χ0n) is 11.8. The van der Waals surface area contributed by atoms with Crippen LogP contribution in [-0.4, -0.2) is 21.3 Å². The molecule has 0 saturated heterocycles. The Kier molecular flexibility index (Phi) is 4.13. The van der Waals surface area contributed by atoms with Gasteiger partial charge in [-0.15, -0.1) is 11.8 Å². The molecule has 2 atom stereocenters. The van der Waals surface area contributed by atoms with Gasteiger partial charge in [-0.05, 0) is 18.1 Å². The van der Waals surface area contributed by atoms with Crippen molar-refractivity contribution in [2.24, 2.45) is 5.73 Å². The topological polar surface area (TPSA) is 43.8 Å². The van der Waals surface area contributed by atoms with Gasteiger partial charge in [0.1, 0.15) is 0 Å². The Labute approximate surface area is 124 Å². The predicted molar refractivity (Wildman–Crippen MR) is 84.1 cm³/mol. The van der Waals surface area contributed by atoms with Crippen molar-refractivity contribution in [1.82, 2.24) is 9.55 Å². The molecule has 3 nitrogen and oxygen atoms in total. The highest BCUT2D eigenvalue weighted by Crippen LogP contribution is 2.39. The number of hydrogen-bond donors (Lipinski definition) is 1. The van der Waals surface area contributed by atoms with Crippen LogP contribution < -0.4 is 5.73 Å². The Morgan fingerprint density at radius 1 is 1.45 bits per heavy atom. The summed E-state index contributed by atoms with van der Waals surface area (Å²) in [7, 11) is 0. The van der Waals surface area contributed by atoms with Crippen LogP contribution in [0.15, 0.2) is 41.7 Å². The van der Waals surface area contributed by atoms with Gasteiger partial charge < -0.3 is 10.3 Å². The fraction of sp³-hybridized carbons (Fsp3) is 0.438. The average molecular weight is 287 g/mol. The number of fused-ring (bicyclic) bond motifs is 1. The van der Waals surface area contributed by atoms with E-state index in [1.54, 1.807) is 0 Å². The van der Waals surface area contributed by atoms with Crippen LogP contribution in [0.5, 0.6) is 0 Å². The summed E-state index contributed by atoms with van der Waals surface area (Å²) in [5, 5.41) is 0. The largest absolute Gasteiger partial charge is 0.337 e. The third-order valence-corrected chi connectivity index (χ3v) is 5.16. The minimum atomic E-state index is 0.223. The van der Waals surface area contributed by atoms with Crippen LogP contribution in [0.4, 0.5) is 0 Å². The van der Waals surface area contributed by atoms with Gasteiger partial charge in [0.25, 0.3) is 0 Å². The Morgan fingerprint density at radius 2 is 2.30 bits per heavy atom. The molecule has 2 heterocycles. The van der Waals surface area contributed by atoms with Gasteiger partial charge in [-0.3, -0.25) is 0 Å². The minimum absolute atomic E-state index is 0.223. The van der Waals surface area contributed by atoms with E-state index < -0.39 is 0 Å². The quantitative estimate of drug-likeness (QED) is 0.919. The van der Waals surface area contributed by atoms with Gasteiger partial charge in [-0.1, -0.05) is 25.1 Å². The van der Waals surface area contributed by atoms with Crippen LogP contribution >= 0.6 is 11.8 Å². The van der Waals surface area contributed by atoms with Gasteiger partial charge in [-0.25, -0.2) is 4.98 Å². The summed E-state index contributed by atoms with van der Waals surface area (Å²) in [6.45, 7) is 3.13. The molecule has 1 aromatic carbocycles. The maximum absolute atomic E-state index is 5.99. The highest BCUT2D eigenvalue weighted by Gasteiger charge is 2.22. The van der Waals surface area contributed by atoms with Gasteiger partial charge in [0.05, 0.1) is 12.0 Å². The van der Waals surface area contributed by atoms with E-state index in [0.29, 0.717) is 5.92 Å². The van der Waals surface area contributed by atoms with Crippen LogP contribution in [0.2, 0.25) is 0 Å². The van der Waals surface area contributed by atoms with Gasteiger partial charge in [0, 0.05) is 41.8 Å². The lowest BCUT2D eigenvalue weighted by atomic mass is 10.0. The summed E-state index contributed by atoms with van der Waals surface area (Å²) in [4.78, 5) is 5.91. The van der Waals surface area contributed by atoms with E-state index in [9.17, 15) is 0 Å². The molecular formula is C16H21N3S. The van der Waals surface area contributed by atoms with E-state index in [2.05, 4.69) is 46.9 Å². The number of aromatic nitrogens is 2. The van der Waals surface area contributed by atoms with Crippen LogP contribution in [0, 0.1) is 0 Å². The zero-order valence-corrected chi connectivity index (χ0v) is 12.6. The Balaban J connectivity index is 1.67. The maximum Gasteiger partial charge on any atom is 0.0949 e. The molecule has 20 heavy (non-hydrogen) atoms. The van der Waals surface area contributed by atoms with E-state index in [0.717, 1.165) is 25.1 Å². The summed E-state index contributed by atoms with van der Waals surface area (Å²) < 4.78 is 2.21. The zero-order chi connectivity index (χ0) is 13.9. The van der Waals surface area contributed by atoms with Crippen LogP contribution in [0.25, 0.3) is 0 Å². The molecule has 1 aromatic heterocycles. The van der Waals surface area contributed by atoms with Crippen molar-refractivity contribution in [1.29, 1.82) is 0 Å². The normalized spacial score (nSPS) is 19.0. The van der Waals surface area contributed by atoms with E-state index in [1.807, 2.05) is 18.1 Å². The molecule has 3 rings (SSSR count). The van der Waals surface area contributed by atoms with Crippen molar-refractivity contribution < 1.29 is 0 Å². The van der Waals surface area contributed by atoms with Crippen molar-refractivity contribution in [3.05, 3.63) is 48.0 Å². The molecule has 2 aromatic rings. The number of rotatable bonds is 5. The predicted octanol–water partition coefficient (Wildman–Crippen LogP) is 3.05. The van der Waals surface area contributed by atoms with E-state index in [-0.39, 0.29) is 6.04 Å². The third-order valence-electron chi connectivity index (χ3n) is 3.91. The summed E-state index contributed by atoms with van der Waals surface area (Å²) >= 11 is 1.96.